The lowest BCUT2D eigenvalue weighted by atomic mass is 10.0. The second-order valence-corrected chi connectivity index (χ2v) is 3.58. The molecule has 11 heavy (non-hydrogen) atoms. The molecule has 1 rings (SSSR count). The Hall–Kier alpha value is -0.520. The van der Waals surface area contributed by atoms with E-state index in [-0.39, 0.29) is 0 Å². The smallest absolute Gasteiger partial charge is 0.00862 e. The summed E-state index contributed by atoms with van der Waals surface area (Å²) in [6.07, 6.45) is 9.19. The van der Waals surface area contributed by atoms with Crippen LogP contribution in [0, 0.1) is 12.3 Å². The zero-order valence-electron chi connectivity index (χ0n) is 7.72. The Balaban J connectivity index is 2.44. The summed E-state index contributed by atoms with van der Waals surface area (Å²) in [6.45, 7) is 6.73. The van der Waals surface area contributed by atoms with Gasteiger partial charge in [-0.3, -0.25) is 0 Å². The molecule has 0 aromatic heterocycles. The van der Waals surface area contributed by atoms with Crippen molar-refractivity contribution in [3.05, 3.63) is 29.7 Å². The molecule has 0 unspecified atom stereocenters. The topological polar surface area (TPSA) is 0 Å². The molecule has 0 nitrogen and oxygen atoms in total. The van der Waals surface area contributed by atoms with Gasteiger partial charge in [0.25, 0.3) is 0 Å². The highest BCUT2D eigenvalue weighted by Crippen LogP contribution is 2.23. The van der Waals surface area contributed by atoms with Gasteiger partial charge in [-0.05, 0) is 18.8 Å². The Kier molecular flexibility index (Phi) is 2.92. The summed E-state index contributed by atoms with van der Waals surface area (Å²) in [4.78, 5) is 0. The van der Waals surface area contributed by atoms with Gasteiger partial charge >= 0.3 is 0 Å². The Morgan fingerprint density at radius 2 is 2.00 bits per heavy atom. The molecule has 0 heteroatoms. The van der Waals surface area contributed by atoms with Gasteiger partial charge in [0.2, 0.25) is 0 Å². The summed E-state index contributed by atoms with van der Waals surface area (Å²) >= 11 is 0. The third-order valence-electron chi connectivity index (χ3n) is 1.93. The maximum Gasteiger partial charge on any atom is 0.00862 e. The molecule has 0 aromatic rings. The molecule has 61 valence electrons. The van der Waals surface area contributed by atoms with Gasteiger partial charge in [-0.25, -0.2) is 0 Å². The minimum absolute atomic E-state index is 0.780. The molecule has 0 fully saturated rings. The largest absolute Gasteiger partial charge is 0.0732 e. The monoisotopic (exact) mass is 149 g/mol. The maximum absolute atomic E-state index is 2.32. The molecular formula is C11H17. The number of rotatable bonds is 3. The predicted molar refractivity (Wildman–Crippen MR) is 50.2 cm³/mol. The molecule has 0 bridgehead atoms. The van der Waals surface area contributed by atoms with Crippen LogP contribution < -0.4 is 0 Å². The number of allylic oxidation sites excluding steroid dienone is 4. The van der Waals surface area contributed by atoms with Crippen LogP contribution in [0.25, 0.3) is 0 Å². The predicted octanol–water partition coefficient (Wildman–Crippen LogP) is 3.51. The Morgan fingerprint density at radius 1 is 1.27 bits per heavy atom. The van der Waals surface area contributed by atoms with Gasteiger partial charge in [-0.15, -0.1) is 0 Å². The lowest BCUT2D eigenvalue weighted by Gasteiger charge is -2.01. The van der Waals surface area contributed by atoms with Crippen LogP contribution in [0.4, 0.5) is 0 Å². The average Bonchev–Trinajstić information content (AvgIpc) is 2.34. The van der Waals surface area contributed by atoms with Gasteiger partial charge in [0, 0.05) is 6.42 Å². The molecule has 1 radical (unpaired) electrons. The molecule has 1 aliphatic rings. The van der Waals surface area contributed by atoms with Crippen molar-refractivity contribution in [2.75, 3.05) is 0 Å². The molecule has 0 spiro atoms. The SMILES string of the molecule is CCC1=CC(CC(C)C)=C[CH]1. The lowest BCUT2D eigenvalue weighted by molar-refractivity contribution is 0.650. The summed E-state index contributed by atoms with van der Waals surface area (Å²) in [6, 6.07) is 0. The van der Waals surface area contributed by atoms with E-state index in [1.54, 1.807) is 0 Å². The fourth-order valence-electron chi connectivity index (χ4n) is 1.37. The molecule has 1 aliphatic carbocycles. The van der Waals surface area contributed by atoms with E-state index < -0.39 is 0 Å². The van der Waals surface area contributed by atoms with Gasteiger partial charge < -0.3 is 0 Å². The van der Waals surface area contributed by atoms with Crippen molar-refractivity contribution < 1.29 is 0 Å². The maximum atomic E-state index is 2.32. The Morgan fingerprint density at radius 3 is 2.45 bits per heavy atom. The average molecular weight is 149 g/mol. The molecule has 0 N–H and O–H groups in total. The van der Waals surface area contributed by atoms with E-state index in [1.165, 1.54) is 17.6 Å². The molecule has 0 saturated heterocycles. The normalized spacial score (nSPS) is 17.1. The first-order valence-corrected chi connectivity index (χ1v) is 4.47. The van der Waals surface area contributed by atoms with Crippen LogP contribution in [-0.4, -0.2) is 0 Å². The number of hydrogen-bond acceptors (Lipinski definition) is 0. The fourth-order valence-corrected chi connectivity index (χ4v) is 1.37. The van der Waals surface area contributed by atoms with Crippen LogP contribution in [0.2, 0.25) is 0 Å². The van der Waals surface area contributed by atoms with Crippen LogP contribution >= 0.6 is 0 Å². The minimum Gasteiger partial charge on any atom is -0.0732 e. The minimum atomic E-state index is 0.780. The van der Waals surface area contributed by atoms with Crippen molar-refractivity contribution >= 4 is 0 Å². The molecule has 0 heterocycles. The van der Waals surface area contributed by atoms with Crippen LogP contribution in [0.15, 0.2) is 23.3 Å². The summed E-state index contributed by atoms with van der Waals surface area (Å²) in [5.41, 5.74) is 2.97. The highest BCUT2D eigenvalue weighted by Gasteiger charge is 2.06. The molecule has 0 aromatic carbocycles. The standard InChI is InChI=1S/C11H17/c1-4-10-5-6-11(8-10)7-9(2)3/h5-6,8-9H,4,7H2,1-3H3. The molecule has 0 amide bonds. The summed E-state index contributed by atoms with van der Waals surface area (Å²) < 4.78 is 0. The van der Waals surface area contributed by atoms with E-state index in [0.29, 0.717) is 0 Å². The fraction of sp³-hybridized carbons (Fsp3) is 0.545. The second kappa shape index (κ2) is 3.75. The Labute approximate surface area is 70.0 Å². The Bertz CT molecular complexity index is 182. The van der Waals surface area contributed by atoms with E-state index in [4.69, 9.17) is 0 Å². The second-order valence-electron chi connectivity index (χ2n) is 3.58. The van der Waals surface area contributed by atoms with E-state index in [2.05, 4.69) is 39.3 Å². The van der Waals surface area contributed by atoms with Gasteiger partial charge in [0.15, 0.2) is 0 Å². The molecular weight excluding hydrogens is 132 g/mol. The van der Waals surface area contributed by atoms with Crippen molar-refractivity contribution in [1.29, 1.82) is 0 Å². The zero-order valence-corrected chi connectivity index (χ0v) is 7.72. The highest BCUT2D eigenvalue weighted by molar-refractivity contribution is 5.40. The van der Waals surface area contributed by atoms with Gasteiger partial charge in [-0.2, -0.15) is 0 Å². The van der Waals surface area contributed by atoms with Crippen molar-refractivity contribution in [3.8, 4) is 0 Å². The summed E-state index contributed by atoms with van der Waals surface area (Å²) in [7, 11) is 0. The highest BCUT2D eigenvalue weighted by atomic mass is 14.1. The van der Waals surface area contributed by atoms with Gasteiger partial charge in [0.05, 0.1) is 0 Å². The third-order valence-corrected chi connectivity index (χ3v) is 1.93. The molecule has 0 saturated carbocycles. The first-order valence-electron chi connectivity index (χ1n) is 4.47. The van der Waals surface area contributed by atoms with Crippen LogP contribution in [0.1, 0.15) is 33.6 Å². The van der Waals surface area contributed by atoms with E-state index >= 15 is 0 Å². The van der Waals surface area contributed by atoms with Crippen molar-refractivity contribution in [1.82, 2.24) is 0 Å². The van der Waals surface area contributed by atoms with Gasteiger partial charge in [-0.1, -0.05) is 44.1 Å². The summed E-state index contributed by atoms with van der Waals surface area (Å²) in [5, 5.41) is 0. The first-order chi connectivity index (χ1) is 5.22. The van der Waals surface area contributed by atoms with Crippen molar-refractivity contribution in [2.45, 2.75) is 33.6 Å². The first kappa shape index (κ1) is 8.58. The van der Waals surface area contributed by atoms with E-state index in [0.717, 1.165) is 12.3 Å². The van der Waals surface area contributed by atoms with Crippen LogP contribution in [0.5, 0.6) is 0 Å². The summed E-state index contributed by atoms with van der Waals surface area (Å²) in [5.74, 6) is 0.780. The van der Waals surface area contributed by atoms with Gasteiger partial charge in [0.1, 0.15) is 0 Å². The van der Waals surface area contributed by atoms with Crippen molar-refractivity contribution in [3.63, 3.8) is 0 Å². The third kappa shape index (κ3) is 2.53. The van der Waals surface area contributed by atoms with Crippen LogP contribution in [-0.2, 0) is 0 Å². The van der Waals surface area contributed by atoms with E-state index in [1.807, 2.05) is 0 Å². The number of hydrogen-bond donors (Lipinski definition) is 0. The molecule has 0 aliphatic heterocycles. The van der Waals surface area contributed by atoms with Crippen molar-refractivity contribution in [2.24, 2.45) is 5.92 Å². The quantitative estimate of drug-likeness (QED) is 0.576. The lowest BCUT2D eigenvalue weighted by Crippen LogP contribution is -1.86. The van der Waals surface area contributed by atoms with E-state index in [9.17, 15) is 0 Å². The molecule has 0 atom stereocenters. The zero-order chi connectivity index (χ0) is 8.27. The van der Waals surface area contributed by atoms with Crippen LogP contribution in [0.3, 0.4) is 0 Å².